The summed E-state index contributed by atoms with van der Waals surface area (Å²) in [5.41, 5.74) is 2.98. The molecule has 168 valence electrons. The molecule has 0 spiro atoms. The molecule has 8 heteroatoms. The standard InChI is InChI=1S/C24H25F2N3O3/c1-17-8-9-23-27-19(13-28(23)12-17)16-32-20-7-4-5-18(11-20)24(30)29(15-22(25)26)14-21-6-2-3-10-31-21/h3-5,7-13,21-22H,2,6,14-16H2,1H3/t21-/m0/s1. The van der Waals surface area contributed by atoms with Crippen LogP contribution in [0.15, 0.2) is 61.1 Å². The molecular formula is C24H25F2N3O3. The van der Waals surface area contributed by atoms with Crippen molar-refractivity contribution >= 4 is 11.6 Å². The maximum atomic E-state index is 13.1. The molecule has 0 saturated carbocycles. The molecule has 3 aromatic rings. The summed E-state index contributed by atoms with van der Waals surface area (Å²) in [4.78, 5) is 18.6. The number of aromatic nitrogens is 2. The van der Waals surface area contributed by atoms with Gasteiger partial charge in [-0.2, -0.15) is 0 Å². The first kappa shape index (κ1) is 21.8. The van der Waals surface area contributed by atoms with Crippen molar-refractivity contribution in [2.75, 3.05) is 13.1 Å². The number of pyridine rings is 1. The van der Waals surface area contributed by atoms with E-state index in [1.54, 1.807) is 30.5 Å². The number of halogens is 2. The number of allylic oxidation sites excluding steroid dienone is 1. The number of nitrogens with zero attached hydrogens (tertiary/aromatic N) is 3. The number of hydrogen-bond acceptors (Lipinski definition) is 4. The molecule has 0 aliphatic carbocycles. The number of carbonyl (C=O) groups excluding carboxylic acids is 1. The lowest BCUT2D eigenvalue weighted by atomic mass is 10.1. The van der Waals surface area contributed by atoms with Gasteiger partial charge in [0.05, 0.1) is 25.0 Å². The van der Waals surface area contributed by atoms with Crippen LogP contribution in [0, 0.1) is 6.92 Å². The fraction of sp³-hybridized carbons (Fsp3) is 0.333. The summed E-state index contributed by atoms with van der Waals surface area (Å²) in [6.45, 7) is 1.70. The molecule has 1 atom stereocenters. The molecule has 0 unspecified atom stereocenters. The van der Waals surface area contributed by atoms with E-state index in [2.05, 4.69) is 4.98 Å². The Kier molecular flexibility index (Phi) is 6.68. The summed E-state index contributed by atoms with van der Waals surface area (Å²) in [5.74, 6) is -0.00459. The second-order valence-electron chi connectivity index (χ2n) is 7.83. The number of ether oxygens (including phenoxy) is 2. The molecule has 32 heavy (non-hydrogen) atoms. The van der Waals surface area contributed by atoms with Gasteiger partial charge in [0.2, 0.25) is 0 Å². The lowest BCUT2D eigenvalue weighted by Gasteiger charge is -2.28. The average molecular weight is 441 g/mol. The van der Waals surface area contributed by atoms with Crippen LogP contribution in [0.3, 0.4) is 0 Å². The summed E-state index contributed by atoms with van der Waals surface area (Å²) >= 11 is 0. The van der Waals surface area contributed by atoms with Crippen molar-refractivity contribution in [1.82, 2.24) is 14.3 Å². The highest BCUT2D eigenvalue weighted by Crippen LogP contribution is 2.19. The van der Waals surface area contributed by atoms with Crippen LogP contribution in [0.25, 0.3) is 5.65 Å². The Bertz CT molecular complexity index is 1110. The quantitative estimate of drug-likeness (QED) is 0.512. The van der Waals surface area contributed by atoms with Gasteiger partial charge in [0, 0.05) is 18.0 Å². The highest BCUT2D eigenvalue weighted by molar-refractivity contribution is 5.94. The van der Waals surface area contributed by atoms with E-state index in [1.807, 2.05) is 41.9 Å². The van der Waals surface area contributed by atoms with Crippen molar-refractivity contribution in [2.45, 2.75) is 38.9 Å². The van der Waals surface area contributed by atoms with Crippen LogP contribution in [0.4, 0.5) is 8.78 Å². The lowest BCUT2D eigenvalue weighted by Crippen LogP contribution is -2.41. The summed E-state index contributed by atoms with van der Waals surface area (Å²) in [6, 6.07) is 10.5. The molecule has 0 radical (unpaired) electrons. The van der Waals surface area contributed by atoms with Gasteiger partial charge in [-0.25, -0.2) is 13.8 Å². The van der Waals surface area contributed by atoms with Gasteiger partial charge < -0.3 is 18.8 Å². The third kappa shape index (κ3) is 5.43. The van der Waals surface area contributed by atoms with E-state index in [0.717, 1.165) is 28.2 Å². The van der Waals surface area contributed by atoms with Crippen molar-refractivity contribution in [1.29, 1.82) is 0 Å². The third-order valence-electron chi connectivity index (χ3n) is 5.21. The topological polar surface area (TPSA) is 56.1 Å². The van der Waals surface area contributed by atoms with Crippen LogP contribution >= 0.6 is 0 Å². The monoisotopic (exact) mass is 441 g/mol. The second kappa shape index (κ2) is 9.80. The maximum Gasteiger partial charge on any atom is 0.255 e. The van der Waals surface area contributed by atoms with Gasteiger partial charge >= 0.3 is 0 Å². The first-order valence-electron chi connectivity index (χ1n) is 10.5. The van der Waals surface area contributed by atoms with Gasteiger partial charge in [-0.05, 0) is 55.7 Å². The second-order valence-corrected chi connectivity index (χ2v) is 7.83. The Labute approximate surface area is 185 Å². The Morgan fingerprint density at radius 2 is 2.19 bits per heavy atom. The smallest absolute Gasteiger partial charge is 0.255 e. The van der Waals surface area contributed by atoms with Crippen LogP contribution in [0.1, 0.15) is 34.5 Å². The van der Waals surface area contributed by atoms with E-state index in [9.17, 15) is 13.6 Å². The summed E-state index contributed by atoms with van der Waals surface area (Å²) in [6.07, 6.45) is 5.87. The van der Waals surface area contributed by atoms with Gasteiger partial charge in [-0.1, -0.05) is 12.1 Å². The van der Waals surface area contributed by atoms with Crippen LogP contribution < -0.4 is 4.74 Å². The minimum Gasteiger partial charge on any atom is -0.497 e. The zero-order valence-electron chi connectivity index (χ0n) is 17.8. The average Bonchev–Trinajstić information content (AvgIpc) is 3.19. The Morgan fingerprint density at radius 3 is 2.97 bits per heavy atom. The molecule has 0 saturated heterocycles. The van der Waals surface area contributed by atoms with E-state index in [4.69, 9.17) is 9.47 Å². The summed E-state index contributed by atoms with van der Waals surface area (Å²) in [7, 11) is 0. The fourth-order valence-corrected chi connectivity index (χ4v) is 3.66. The minimum atomic E-state index is -2.63. The molecule has 6 nitrogen and oxygen atoms in total. The lowest BCUT2D eigenvalue weighted by molar-refractivity contribution is 0.0322. The van der Waals surface area contributed by atoms with Gasteiger partial charge in [0.15, 0.2) is 0 Å². The van der Waals surface area contributed by atoms with E-state index < -0.39 is 18.9 Å². The Balaban J connectivity index is 1.44. The highest BCUT2D eigenvalue weighted by Gasteiger charge is 2.24. The number of alkyl halides is 2. The number of imidazole rings is 1. The highest BCUT2D eigenvalue weighted by atomic mass is 19.3. The van der Waals surface area contributed by atoms with Crippen molar-refractivity contribution in [3.63, 3.8) is 0 Å². The van der Waals surface area contributed by atoms with Gasteiger partial charge in [-0.15, -0.1) is 0 Å². The molecule has 0 fully saturated rings. The molecule has 4 rings (SSSR count). The number of amides is 1. The van der Waals surface area contributed by atoms with E-state index in [-0.39, 0.29) is 19.3 Å². The number of rotatable bonds is 8. The zero-order valence-corrected chi connectivity index (χ0v) is 17.8. The first-order chi connectivity index (χ1) is 15.5. The first-order valence-corrected chi connectivity index (χ1v) is 10.5. The largest absolute Gasteiger partial charge is 0.497 e. The van der Waals surface area contributed by atoms with E-state index in [1.165, 1.54) is 0 Å². The molecule has 1 aromatic carbocycles. The van der Waals surface area contributed by atoms with Gasteiger partial charge in [0.1, 0.15) is 24.1 Å². The SMILES string of the molecule is Cc1ccc2nc(COc3cccc(C(=O)N(CC(F)F)C[C@@H]4CCC=CO4)c3)cn2c1. The number of aryl methyl sites for hydroxylation is 1. The van der Waals surface area contributed by atoms with E-state index in [0.29, 0.717) is 17.7 Å². The predicted molar refractivity (Wildman–Crippen MR) is 116 cm³/mol. The van der Waals surface area contributed by atoms with Crippen LogP contribution in [0.5, 0.6) is 5.75 Å². The molecule has 1 aliphatic heterocycles. The normalized spacial score (nSPS) is 15.7. The van der Waals surface area contributed by atoms with E-state index >= 15 is 0 Å². The molecule has 2 aromatic heterocycles. The van der Waals surface area contributed by atoms with Crippen LogP contribution in [0.2, 0.25) is 0 Å². The third-order valence-corrected chi connectivity index (χ3v) is 5.21. The van der Waals surface area contributed by atoms with Crippen molar-refractivity contribution in [3.05, 3.63) is 78.0 Å². The Morgan fingerprint density at radius 1 is 1.31 bits per heavy atom. The van der Waals surface area contributed by atoms with Crippen molar-refractivity contribution in [3.8, 4) is 5.75 Å². The molecule has 1 aliphatic rings. The molecule has 3 heterocycles. The minimum absolute atomic E-state index is 0.110. The van der Waals surface area contributed by atoms with Crippen molar-refractivity contribution < 1.29 is 23.0 Å². The molecule has 0 bridgehead atoms. The Hall–Kier alpha value is -3.42. The van der Waals surface area contributed by atoms with Crippen LogP contribution in [-0.4, -0.2) is 45.8 Å². The van der Waals surface area contributed by atoms with Crippen molar-refractivity contribution in [2.24, 2.45) is 0 Å². The number of fused-ring (bicyclic) bond motifs is 1. The fourth-order valence-electron chi connectivity index (χ4n) is 3.66. The summed E-state index contributed by atoms with van der Waals surface area (Å²) < 4.78 is 39.5. The van der Waals surface area contributed by atoms with Crippen LogP contribution in [-0.2, 0) is 11.3 Å². The molecular weight excluding hydrogens is 416 g/mol. The molecule has 1 amide bonds. The number of hydrogen-bond donors (Lipinski definition) is 0. The predicted octanol–water partition coefficient (Wildman–Crippen LogP) is 4.62. The number of benzene rings is 1. The van der Waals surface area contributed by atoms with Gasteiger partial charge in [0.25, 0.3) is 12.3 Å². The maximum absolute atomic E-state index is 13.1. The summed E-state index contributed by atoms with van der Waals surface area (Å²) in [5, 5.41) is 0. The number of carbonyl (C=O) groups is 1. The van der Waals surface area contributed by atoms with Gasteiger partial charge in [-0.3, -0.25) is 4.79 Å². The molecule has 0 N–H and O–H groups in total. The zero-order chi connectivity index (χ0) is 22.5.